The Morgan fingerprint density at radius 2 is 1.62 bits per heavy atom. The molecule has 0 aliphatic heterocycles. The molecule has 0 aliphatic carbocycles. The van der Waals surface area contributed by atoms with Crippen molar-refractivity contribution < 1.29 is 28.5 Å². The Balaban J connectivity index is 1.72. The van der Waals surface area contributed by atoms with Gasteiger partial charge in [0.25, 0.3) is 5.91 Å². The van der Waals surface area contributed by atoms with Gasteiger partial charge in [-0.25, -0.2) is 4.39 Å². The van der Waals surface area contributed by atoms with Gasteiger partial charge in [0.1, 0.15) is 11.9 Å². The Kier molecular flexibility index (Phi) is 11.0. The smallest absolute Gasteiger partial charge is 0.251 e. The van der Waals surface area contributed by atoms with Crippen LogP contribution in [0.25, 0.3) is 0 Å². The van der Waals surface area contributed by atoms with Crippen LogP contribution in [0.5, 0.6) is 0 Å². The molecular weight excluding hydrogens is 524 g/mol. The van der Waals surface area contributed by atoms with E-state index in [1.54, 1.807) is 12.1 Å². The molecule has 3 atom stereocenters. The van der Waals surface area contributed by atoms with E-state index in [4.69, 9.17) is 5.73 Å². The number of nitrogens with one attached hydrogen (secondary N) is 3. The van der Waals surface area contributed by atoms with Gasteiger partial charge in [-0.3, -0.25) is 24.2 Å². The van der Waals surface area contributed by atoms with Crippen molar-refractivity contribution in [3.8, 4) is 0 Å². The van der Waals surface area contributed by atoms with Gasteiger partial charge in [0.15, 0.2) is 0 Å². The van der Waals surface area contributed by atoms with Crippen LogP contribution in [0.3, 0.4) is 0 Å². The number of nitrogens with two attached hydrogens (primary N) is 1. The normalized spacial score (nSPS) is 13.0. The van der Waals surface area contributed by atoms with Crippen LogP contribution in [-0.4, -0.2) is 58.0 Å². The summed E-state index contributed by atoms with van der Waals surface area (Å²) in [6, 6.07) is 16.5. The van der Waals surface area contributed by atoms with Crippen molar-refractivity contribution >= 4 is 31.8 Å². The summed E-state index contributed by atoms with van der Waals surface area (Å²) in [5, 5.41) is 7.70. The van der Waals surface area contributed by atoms with Crippen molar-refractivity contribution in [2.45, 2.75) is 24.7 Å². The zero-order chi connectivity index (χ0) is 28.2. The third-order valence-corrected chi connectivity index (χ3v) is 7.24. The lowest BCUT2D eigenvalue weighted by atomic mass is 10.1. The van der Waals surface area contributed by atoms with Gasteiger partial charge in [-0.05, 0) is 47.9 Å². The van der Waals surface area contributed by atoms with Gasteiger partial charge in [-0.2, -0.15) is 0 Å². The fourth-order valence-corrected chi connectivity index (χ4v) is 4.99. The van der Waals surface area contributed by atoms with Crippen LogP contribution >= 0.6 is 8.15 Å². The Hall–Kier alpha value is -4.21. The number of carbonyl (C=O) groups excluding carboxylic acids is 4. The lowest BCUT2D eigenvalue weighted by Gasteiger charge is -2.25. The summed E-state index contributed by atoms with van der Waals surface area (Å²) in [7, 11) is -2.12. The van der Waals surface area contributed by atoms with E-state index in [-0.39, 0.29) is 24.6 Å². The van der Waals surface area contributed by atoms with Crippen LogP contribution in [0.4, 0.5) is 4.39 Å². The van der Waals surface area contributed by atoms with Crippen molar-refractivity contribution in [3.63, 3.8) is 0 Å². The molecular formula is C27H29FN5O5P. The van der Waals surface area contributed by atoms with Crippen LogP contribution in [0.1, 0.15) is 21.5 Å². The standard InChI is InChI=1S/C27H29FN5O5P/c28-21-8-4-7-20(15-21)26(36)33-25(14-18-5-2-1-3-6-18)39(38)17-24(35)32-22(27(37)31-16-23(29)34)13-19-9-11-30-12-10-19/h1-12,15,22,25,38H,13-14,16-17H2,(H2,29,34)(H,31,37)(H,32,35)(H,33,36). The molecule has 0 fully saturated rings. The molecule has 0 radical (unpaired) electrons. The highest BCUT2D eigenvalue weighted by atomic mass is 31.1. The minimum absolute atomic E-state index is 0.0736. The van der Waals surface area contributed by atoms with Gasteiger partial charge >= 0.3 is 0 Å². The van der Waals surface area contributed by atoms with Gasteiger partial charge in [0, 0.05) is 24.4 Å². The molecule has 3 aromatic rings. The van der Waals surface area contributed by atoms with Crippen LogP contribution in [0.15, 0.2) is 79.1 Å². The molecule has 3 rings (SSSR count). The fraction of sp³-hybridized carbons (Fsp3) is 0.222. The lowest BCUT2D eigenvalue weighted by molar-refractivity contribution is -0.129. The third kappa shape index (κ3) is 9.88. The van der Waals surface area contributed by atoms with E-state index in [2.05, 4.69) is 20.9 Å². The van der Waals surface area contributed by atoms with E-state index >= 15 is 0 Å². The topological polar surface area (TPSA) is 164 Å². The number of benzene rings is 2. The molecule has 4 amide bonds. The molecule has 2 aromatic carbocycles. The van der Waals surface area contributed by atoms with Crippen molar-refractivity contribution in [1.82, 2.24) is 20.9 Å². The lowest BCUT2D eigenvalue weighted by Crippen LogP contribution is -2.50. The Morgan fingerprint density at radius 3 is 2.28 bits per heavy atom. The molecule has 39 heavy (non-hydrogen) atoms. The van der Waals surface area contributed by atoms with E-state index in [1.807, 2.05) is 30.3 Å². The first kappa shape index (κ1) is 29.3. The van der Waals surface area contributed by atoms with Crippen molar-refractivity contribution in [1.29, 1.82) is 0 Å². The van der Waals surface area contributed by atoms with Gasteiger partial charge in [-0.1, -0.05) is 36.4 Å². The van der Waals surface area contributed by atoms with E-state index in [9.17, 15) is 28.5 Å². The zero-order valence-corrected chi connectivity index (χ0v) is 21.8. The molecule has 0 aliphatic rings. The maximum absolute atomic E-state index is 13.6. The number of aromatic nitrogens is 1. The zero-order valence-electron chi connectivity index (χ0n) is 20.9. The summed E-state index contributed by atoms with van der Waals surface area (Å²) in [6.07, 6.45) is 3.02. The van der Waals surface area contributed by atoms with Crippen molar-refractivity contribution in [3.05, 3.63) is 102 Å². The number of amides is 4. The van der Waals surface area contributed by atoms with Crippen LogP contribution in [-0.2, 0) is 27.2 Å². The first-order valence-corrected chi connectivity index (χ1v) is 13.6. The third-order valence-electron chi connectivity index (χ3n) is 5.60. The van der Waals surface area contributed by atoms with E-state index in [1.165, 1.54) is 30.6 Å². The second-order valence-corrected chi connectivity index (χ2v) is 10.5. The molecule has 0 saturated heterocycles. The molecule has 0 saturated carbocycles. The second kappa shape index (κ2) is 14.7. The van der Waals surface area contributed by atoms with Crippen molar-refractivity contribution in [2.75, 3.05) is 12.7 Å². The van der Waals surface area contributed by atoms with Crippen molar-refractivity contribution in [2.24, 2.45) is 5.73 Å². The number of halogens is 1. The quantitative estimate of drug-likeness (QED) is 0.200. The number of hydrogen-bond acceptors (Lipinski definition) is 6. The average Bonchev–Trinajstić information content (AvgIpc) is 2.92. The average molecular weight is 554 g/mol. The molecule has 204 valence electrons. The molecule has 3 unspecified atom stereocenters. The molecule has 0 spiro atoms. The largest absolute Gasteiger partial charge is 0.371 e. The molecule has 0 bridgehead atoms. The summed E-state index contributed by atoms with van der Waals surface area (Å²) >= 11 is 0. The van der Waals surface area contributed by atoms with Gasteiger partial charge < -0.3 is 26.6 Å². The second-order valence-electron chi connectivity index (χ2n) is 8.65. The van der Waals surface area contributed by atoms with Crippen LogP contribution in [0.2, 0.25) is 0 Å². The first-order chi connectivity index (χ1) is 18.7. The highest BCUT2D eigenvalue weighted by molar-refractivity contribution is 7.53. The summed E-state index contributed by atoms with van der Waals surface area (Å²) in [4.78, 5) is 64.5. The summed E-state index contributed by atoms with van der Waals surface area (Å²) in [6.45, 7) is -0.403. The van der Waals surface area contributed by atoms with Crippen LogP contribution < -0.4 is 21.7 Å². The number of rotatable bonds is 13. The highest BCUT2D eigenvalue weighted by Crippen LogP contribution is 2.36. The van der Waals surface area contributed by atoms with E-state index in [0.717, 1.165) is 11.6 Å². The minimum Gasteiger partial charge on any atom is -0.371 e. The Labute approximate surface area is 226 Å². The molecule has 6 N–H and O–H groups in total. The molecule has 10 nitrogen and oxygen atoms in total. The summed E-state index contributed by atoms with van der Waals surface area (Å²) in [5.74, 6) is -4.02. The number of nitrogens with zero attached hydrogens (tertiary/aromatic N) is 1. The first-order valence-electron chi connectivity index (χ1n) is 12.0. The highest BCUT2D eigenvalue weighted by Gasteiger charge is 2.28. The van der Waals surface area contributed by atoms with Gasteiger partial charge in [0.05, 0.1) is 26.6 Å². The molecule has 1 heterocycles. The maximum atomic E-state index is 13.6. The Morgan fingerprint density at radius 1 is 0.923 bits per heavy atom. The van der Waals surface area contributed by atoms with E-state index < -0.39 is 56.0 Å². The van der Waals surface area contributed by atoms with Gasteiger partial charge in [0.2, 0.25) is 17.7 Å². The maximum Gasteiger partial charge on any atom is 0.251 e. The molecule has 12 heteroatoms. The molecule has 1 aromatic heterocycles. The van der Waals surface area contributed by atoms with Crippen LogP contribution in [0, 0.1) is 5.82 Å². The predicted molar refractivity (Wildman–Crippen MR) is 144 cm³/mol. The fourth-order valence-electron chi connectivity index (χ4n) is 3.69. The monoisotopic (exact) mass is 553 g/mol. The number of pyridine rings is 1. The number of primary amides is 1. The number of carbonyl (C=O) groups is 4. The summed E-state index contributed by atoms with van der Waals surface area (Å²) in [5.41, 5.74) is 6.70. The SMILES string of the molecule is NC(=O)CNC(=O)C(Cc1ccncc1)NC(=O)CP(O)C(Cc1ccccc1)NC(=O)c1cccc(F)c1. The number of hydrogen-bond donors (Lipinski definition) is 5. The summed E-state index contributed by atoms with van der Waals surface area (Å²) < 4.78 is 13.6. The minimum atomic E-state index is -2.12. The predicted octanol–water partition coefficient (Wildman–Crippen LogP) is 1.24. The Bertz CT molecular complexity index is 1280. The van der Waals surface area contributed by atoms with Gasteiger partial charge in [-0.15, -0.1) is 0 Å². The van der Waals surface area contributed by atoms with E-state index in [0.29, 0.717) is 5.56 Å².